The maximum Gasteiger partial charge on any atom is 0.303 e. The van der Waals surface area contributed by atoms with Gasteiger partial charge in [0.1, 0.15) is 6.10 Å². The van der Waals surface area contributed by atoms with Gasteiger partial charge in [0.15, 0.2) is 24.6 Å². The highest BCUT2D eigenvalue weighted by Crippen LogP contribution is 2.29. The fraction of sp³-hybridized carbons (Fsp3) is 0.526. The molecule has 5 atom stereocenters. The molecule has 1 aliphatic heterocycles. The molecular formula is C19H24O11S. The number of hydrogen-bond donors (Lipinski definition) is 1. The minimum absolute atomic E-state index is 0.118. The third-order valence-electron chi connectivity index (χ3n) is 4.21. The van der Waals surface area contributed by atoms with Crippen LogP contribution in [0.3, 0.4) is 0 Å². The summed E-state index contributed by atoms with van der Waals surface area (Å²) in [4.78, 5) is 34.4. The summed E-state index contributed by atoms with van der Waals surface area (Å²) >= 11 is 0. The van der Waals surface area contributed by atoms with Crippen molar-refractivity contribution in [3.8, 4) is 0 Å². The molecular weight excluding hydrogens is 436 g/mol. The van der Waals surface area contributed by atoms with E-state index in [-0.39, 0.29) is 4.90 Å². The molecule has 1 fully saturated rings. The average molecular weight is 460 g/mol. The van der Waals surface area contributed by atoms with Crippen molar-refractivity contribution < 1.29 is 51.0 Å². The second kappa shape index (κ2) is 10.2. The van der Waals surface area contributed by atoms with Crippen LogP contribution >= 0.6 is 0 Å². The van der Waals surface area contributed by atoms with Crippen LogP contribution in [-0.4, -0.2) is 68.7 Å². The van der Waals surface area contributed by atoms with Gasteiger partial charge in [-0.3, -0.25) is 18.6 Å². The number of carbonyl (C=O) groups is 3. The smallest absolute Gasteiger partial charge is 0.303 e. The van der Waals surface area contributed by atoms with Crippen LogP contribution in [0.2, 0.25) is 0 Å². The number of esters is 3. The lowest BCUT2D eigenvalue weighted by atomic mass is 9.98. The Morgan fingerprint density at radius 2 is 1.39 bits per heavy atom. The Balaban J connectivity index is 2.29. The predicted octanol–water partition coefficient (Wildman–Crippen LogP) is 0.213. The molecule has 172 valence electrons. The average Bonchev–Trinajstić information content (AvgIpc) is 2.65. The van der Waals surface area contributed by atoms with Crippen molar-refractivity contribution in [1.29, 1.82) is 0 Å². The summed E-state index contributed by atoms with van der Waals surface area (Å²) in [6.07, 6.45) is -7.59. The molecule has 0 radical (unpaired) electrons. The summed E-state index contributed by atoms with van der Waals surface area (Å²) in [5.74, 6) is -2.45. The molecule has 0 bridgehead atoms. The molecule has 0 saturated carbocycles. The highest BCUT2D eigenvalue weighted by Gasteiger charge is 2.51. The second-order valence-corrected chi connectivity index (χ2v) is 8.45. The van der Waals surface area contributed by atoms with Crippen LogP contribution in [0.5, 0.6) is 0 Å². The zero-order valence-corrected chi connectivity index (χ0v) is 18.2. The van der Waals surface area contributed by atoms with E-state index in [2.05, 4.69) is 0 Å². The summed E-state index contributed by atoms with van der Waals surface area (Å²) in [6, 6.07) is 5.87. The fourth-order valence-corrected chi connectivity index (χ4v) is 3.85. The molecule has 0 spiro atoms. The third-order valence-corrected chi connectivity index (χ3v) is 5.51. The number of aliphatic hydroxyl groups is 1. The molecule has 2 rings (SSSR count). The maximum absolute atomic E-state index is 12.5. The number of carbonyl (C=O) groups excluding carboxylic acids is 3. The highest BCUT2D eigenvalue weighted by atomic mass is 32.2. The first kappa shape index (κ1) is 24.7. The van der Waals surface area contributed by atoms with E-state index >= 15 is 0 Å². The Morgan fingerprint density at radius 1 is 0.903 bits per heavy atom. The molecule has 12 heteroatoms. The van der Waals surface area contributed by atoms with Gasteiger partial charge in [0, 0.05) is 20.8 Å². The van der Waals surface area contributed by atoms with Crippen molar-refractivity contribution in [2.45, 2.75) is 63.3 Å². The molecule has 1 N–H and O–H groups in total. The molecule has 1 heterocycles. The molecule has 0 aromatic heterocycles. The van der Waals surface area contributed by atoms with E-state index in [1.54, 1.807) is 19.1 Å². The molecule has 0 aliphatic carbocycles. The Bertz CT molecular complexity index is 909. The lowest BCUT2D eigenvalue weighted by molar-refractivity contribution is -0.294. The molecule has 1 aliphatic rings. The van der Waals surface area contributed by atoms with Crippen molar-refractivity contribution in [1.82, 2.24) is 0 Å². The topological polar surface area (TPSA) is 152 Å². The third kappa shape index (κ3) is 6.72. The number of ether oxygens (including phenoxy) is 4. The van der Waals surface area contributed by atoms with E-state index in [0.717, 1.165) is 26.3 Å². The standard InChI is InChI=1S/C19H24O11S/c1-10-5-7-14(8-6-10)31(24,25)26-9-15-16(27-11(2)20)17(28-12(3)21)18(19(23)30-15)29-13(4)22/h5-8,15-19,23H,9H2,1-4H3/t15-,16-,17+,18-,19-/m0/s1. The van der Waals surface area contributed by atoms with E-state index in [1.807, 2.05) is 0 Å². The number of benzene rings is 1. The Hall–Kier alpha value is -2.54. The van der Waals surface area contributed by atoms with E-state index in [4.69, 9.17) is 23.1 Å². The van der Waals surface area contributed by atoms with E-state index in [0.29, 0.717) is 0 Å². The monoisotopic (exact) mass is 460 g/mol. The van der Waals surface area contributed by atoms with Crippen molar-refractivity contribution in [2.75, 3.05) is 6.61 Å². The van der Waals surface area contributed by atoms with Crippen molar-refractivity contribution in [2.24, 2.45) is 0 Å². The quantitative estimate of drug-likeness (QED) is 0.338. The first-order chi connectivity index (χ1) is 14.4. The van der Waals surface area contributed by atoms with Crippen molar-refractivity contribution >= 4 is 28.0 Å². The van der Waals surface area contributed by atoms with Crippen LogP contribution in [-0.2, 0) is 47.6 Å². The fourth-order valence-electron chi connectivity index (χ4n) is 2.94. The van der Waals surface area contributed by atoms with Crippen molar-refractivity contribution in [3.63, 3.8) is 0 Å². The number of aryl methyl sites for hydroxylation is 1. The molecule has 0 unspecified atom stereocenters. The second-order valence-electron chi connectivity index (χ2n) is 6.84. The molecule has 1 aromatic rings. The molecule has 0 amide bonds. The first-order valence-corrected chi connectivity index (χ1v) is 10.6. The number of aliphatic hydroxyl groups excluding tert-OH is 1. The van der Waals surface area contributed by atoms with Gasteiger partial charge in [0.2, 0.25) is 0 Å². The normalized spacial score (nSPS) is 26.0. The molecule has 31 heavy (non-hydrogen) atoms. The zero-order valence-electron chi connectivity index (χ0n) is 17.3. The first-order valence-electron chi connectivity index (χ1n) is 9.22. The van der Waals surface area contributed by atoms with E-state index < -0.39 is 65.3 Å². The lowest BCUT2D eigenvalue weighted by Gasteiger charge is -2.42. The molecule has 11 nitrogen and oxygen atoms in total. The summed E-state index contributed by atoms with van der Waals surface area (Å²) in [5.41, 5.74) is 0.841. The molecule has 1 aromatic carbocycles. The van der Waals surface area contributed by atoms with Gasteiger partial charge in [-0.1, -0.05) is 17.7 Å². The van der Waals surface area contributed by atoms with Gasteiger partial charge in [-0.25, -0.2) is 0 Å². The van der Waals surface area contributed by atoms with Crippen LogP contribution < -0.4 is 0 Å². The van der Waals surface area contributed by atoms with Gasteiger partial charge >= 0.3 is 17.9 Å². The van der Waals surface area contributed by atoms with Crippen LogP contribution in [0.4, 0.5) is 0 Å². The van der Waals surface area contributed by atoms with E-state index in [1.165, 1.54) is 12.1 Å². The molecule has 1 saturated heterocycles. The van der Waals surface area contributed by atoms with Gasteiger partial charge < -0.3 is 24.1 Å². The zero-order chi connectivity index (χ0) is 23.3. The summed E-state index contributed by atoms with van der Waals surface area (Å²) in [5, 5.41) is 10.3. The van der Waals surface area contributed by atoms with Crippen LogP contribution in [0.1, 0.15) is 26.3 Å². The minimum atomic E-state index is -4.21. The largest absolute Gasteiger partial charge is 0.456 e. The maximum atomic E-state index is 12.5. The minimum Gasteiger partial charge on any atom is -0.456 e. The Morgan fingerprint density at radius 3 is 1.90 bits per heavy atom. The summed E-state index contributed by atoms with van der Waals surface area (Å²) in [7, 11) is -4.21. The van der Waals surface area contributed by atoms with Crippen LogP contribution in [0.25, 0.3) is 0 Å². The summed E-state index contributed by atoms with van der Waals surface area (Å²) in [6.45, 7) is 4.28. The van der Waals surface area contributed by atoms with Gasteiger partial charge in [-0.2, -0.15) is 8.42 Å². The number of hydrogen-bond acceptors (Lipinski definition) is 11. The highest BCUT2D eigenvalue weighted by molar-refractivity contribution is 7.86. The van der Waals surface area contributed by atoms with E-state index in [9.17, 15) is 27.9 Å². The van der Waals surface area contributed by atoms with Crippen LogP contribution in [0.15, 0.2) is 29.2 Å². The number of rotatable bonds is 7. The summed E-state index contributed by atoms with van der Waals surface area (Å²) < 4.78 is 50.5. The van der Waals surface area contributed by atoms with Gasteiger partial charge in [-0.15, -0.1) is 0 Å². The SMILES string of the molecule is CC(=O)O[C@@H]1[C@@H](OC(C)=O)[C@H](COS(=O)(=O)c2ccc(C)cc2)O[C@H](O)[C@H]1OC(C)=O. The Labute approximate surface area is 179 Å². The van der Waals surface area contributed by atoms with Crippen molar-refractivity contribution in [3.05, 3.63) is 29.8 Å². The van der Waals surface area contributed by atoms with Gasteiger partial charge in [-0.05, 0) is 19.1 Å². The lowest BCUT2D eigenvalue weighted by Crippen LogP contribution is -2.62. The Kier molecular flexibility index (Phi) is 8.12. The van der Waals surface area contributed by atoms with Gasteiger partial charge in [0.05, 0.1) is 11.5 Å². The predicted molar refractivity (Wildman–Crippen MR) is 102 cm³/mol. The van der Waals surface area contributed by atoms with Crippen LogP contribution in [0, 0.1) is 6.92 Å². The van der Waals surface area contributed by atoms with Gasteiger partial charge in [0.25, 0.3) is 10.1 Å².